The third kappa shape index (κ3) is 10.9. The maximum absolute atomic E-state index is 11.9. The second-order valence-corrected chi connectivity index (χ2v) is 5.48. The Bertz CT molecular complexity index is 189. The van der Waals surface area contributed by atoms with Gasteiger partial charge in [0.1, 0.15) is 6.61 Å². The van der Waals surface area contributed by atoms with Gasteiger partial charge in [0.05, 0.1) is 0 Å². The van der Waals surface area contributed by atoms with E-state index in [0.29, 0.717) is 24.5 Å². The van der Waals surface area contributed by atoms with E-state index >= 15 is 0 Å². The second-order valence-electron chi connectivity index (χ2n) is 5.48. The summed E-state index contributed by atoms with van der Waals surface area (Å²) in [5.74, 6) is 1.36. The highest BCUT2D eigenvalue weighted by molar-refractivity contribution is 4.70. The molecule has 0 fully saturated rings. The van der Waals surface area contributed by atoms with E-state index in [1.54, 1.807) is 0 Å². The third-order valence-corrected chi connectivity index (χ3v) is 2.91. The molecule has 0 radical (unpaired) electrons. The third-order valence-electron chi connectivity index (χ3n) is 2.91. The Morgan fingerprint density at radius 3 is 2.28 bits per heavy atom. The number of ether oxygens (including phenoxy) is 1. The summed E-state index contributed by atoms with van der Waals surface area (Å²) in [5.41, 5.74) is 0. The molecule has 0 aliphatic heterocycles. The predicted molar refractivity (Wildman–Crippen MR) is 72.1 cm³/mol. The maximum atomic E-state index is 11.9. The Morgan fingerprint density at radius 1 is 1.11 bits per heavy atom. The van der Waals surface area contributed by atoms with Crippen LogP contribution in [0.2, 0.25) is 0 Å². The van der Waals surface area contributed by atoms with Crippen LogP contribution in [0, 0.1) is 11.8 Å². The van der Waals surface area contributed by atoms with Crippen molar-refractivity contribution in [2.24, 2.45) is 11.8 Å². The molecule has 0 aromatic heterocycles. The Labute approximate surface area is 110 Å². The lowest BCUT2D eigenvalue weighted by atomic mass is 9.92. The monoisotopic (exact) mass is 265 g/mol. The average molecular weight is 265 g/mol. The quantitative estimate of drug-likeness (QED) is 0.575. The molecular weight excluding hydrogens is 236 g/mol. The van der Waals surface area contributed by atoms with Crippen molar-refractivity contribution in [2.75, 3.05) is 19.8 Å². The van der Waals surface area contributed by atoms with E-state index in [1.807, 2.05) is 0 Å². The van der Waals surface area contributed by atoms with Gasteiger partial charge in [-0.3, -0.25) is 0 Å². The maximum Gasteiger partial charge on any atom is 0.261 e. The molecule has 2 atom stereocenters. The Balaban J connectivity index is 3.83. The number of alkyl halides is 2. The minimum Gasteiger partial charge on any atom is -0.375 e. The SMILES string of the molecule is CCNC(CCOCC(F)F)CC(C)CC(C)C. The van der Waals surface area contributed by atoms with Crippen LogP contribution in [0.15, 0.2) is 0 Å². The fourth-order valence-corrected chi connectivity index (χ4v) is 2.38. The summed E-state index contributed by atoms with van der Waals surface area (Å²) in [4.78, 5) is 0. The first-order chi connectivity index (χ1) is 8.45. The van der Waals surface area contributed by atoms with Gasteiger partial charge >= 0.3 is 0 Å². The Kier molecular flexibility index (Phi) is 10.5. The zero-order valence-corrected chi connectivity index (χ0v) is 12.2. The Morgan fingerprint density at radius 2 is 1.78 bits per heavy atom. The molecule has 0 saturated heterocycles. The van der Waals surface area contributed by atoms with Gasteiger partial charge in [0.15, 0.2) is 0 Å². The molecule has 0 aromatic carbocycles. The van der Waals surface area contributed by atoms with Gasteiger partial charge in [-0.05, 0) is 37.6 Å². The molecule has 110 valence electrons. The fraction of sp³-hybridized carbons (Fsp3) is 1.00. The fourth-order valence-electron chi connectivity index (χ4n) is 2.38. The topological polar surface area (TPSA) is 21.3 Å². The summed E-state index contributed by atoms with van der Waals surface area (Å²) < 4.78 is 28.8. The number of nitrogens with one attached hydrogen (secondary N) is 1. The van der Waals surface area contributed by atoms with E-state index in [9.17, 15) is 8.78 Å². The van der Waals surface area contributed by atoms with E-state index in [0.717, 1.165) is 19.4 Å². The van der Waals surface area contributed by atoms with Crippen molar-refractivity contribution in [2.45, 2.75) is 59.4 Å². The molecule has 0 aliphatic carbocycles. The molecule has 0 heterocycles. The number of halogens is 2. The number of rotatable bonds is 11. The summed E-state index contributed by atoms with van der Waals surface area (Å²) in [6.45, 7) is 9.66. The zero-order valence-electron chi connectivity index (χ0n) is 12.2. The number of hydrogen-bond donors (Lipinski definition) is 1. The highest BCUT2D eigenvalue weighted by Gasteiger charge is 2.14. The van der Waals surface area contributed by atoms with Crippen LogP contribution in [0.25, 0.3) is 0 Å². The van der Waals surface area contributed by atoms with Crippen molar-refractivity contribution in [3.8, 4) is 0 Å². The summed E-state index contributed by atoms with van der Waals surface area (Å²) >= 11 is 0. The normalized spacial score (nSPS) is 15.3. The molecule has 0 bridgehead atoms. The summed E-state index contributed by atoms with van der Waals surface area (Å²) in [6, 6.07) is 0.376. The van der Waals surface area contributed by atoms with Crippen molar-refractivity contribution in [3.05, 3.63) is 0 Å². The van der Waals surface area contributed by atoms with Gasteiger partial charge in [0.25, 0.3) is 6.43 Å². The van der Waals surface area contributed by atoms with Crippen LogP contribution in [-0.2, 0) is 4.74 Å². The van der Waals surface area contributed by atoms with E-state index in [2.05, 4.69) is 33.0 Å². The molecule has 0 spiro atoms. The molecular formula is C14H29F2NO. The molecule has 2 nitrogen and oxygen atoms in total. The van der Waals surface area contributed by atoms with Crippen molar-refractivity contribution in [1.82, 2.24) is 5.32 Å². The van der Waals surface area contributed by atoms with Crippen LogP contribution in [-0.4, -0.2) is 32.2 Å². The summed E-state index contributed by atoms with van der Waals surface area (Å²) in [6.07, 6.45) is 0.745. The first-order valence-electron chi connectivity index (χ1n) is 7.04. The van der Waals surface area contributed by atoms with Crippen LogP contribution < -0.4 is 5.32 Å². The minimum atomic E-state index is -2.36. The van der Waals surface area contributed by atoms with Gasteiger partial charge in [-0.1, -0.05) is 27.7 Å². The smallest absolute Gasteiger partial charge is 0.261 e. The van der Waals surface area contributed by atoms with Gasteiger partial charge in [-0.15, -0.1) is 0 Å². The van der Waals surface area contributed by atoms with Crippen molar-refractivity contribution < 1.29 is 13.5 Å². The largest absolute Gasteiger partial charge is 0.375 e. The van der Waals surface area contributed by atoms with Crippen LogP contribution in [0.1, 0.15) is 47.0 Å². The molecule has 0 rings (SSSR count). The van der Waals surface area contributed by atoms with Crippen LogP contribution in [0.4, 0.5) is 8.78 Å². The molecule has 0 saturated carbocycles. The molecule has 18 heavy (non-hydrogen) atoms. The van der Waals surface area contributed by atoms with E-state index in [1.165, 1.54) is 6.42 Å². The minimum absolute atomic E-state index is 0.376. The van der Waals surface area contributed by atoms with Gasteiger partial charge in [-0.2, -0.15) is 0 Å². The lowest BCUT2D eigenvalue weighted by Gasteiger charge is -2.23. The highest BCUT2D eigenvalue weighted by atomic mass is 19.3. The van der Waals surface area contributed by atoms with Crippen LogP contribution in [0.3, 0.4) is 0 Å². The molecule has 0 amide bonds. The van der Waals surface area contributed by atoms with Gasteiger partial charge in [0, 0.05) is 12.6 Å². The lowest BCUT2D eigenvalue weighted by Crippen LogP contribution is -2.32. The lowest BCUT2D eigenvalue weighted by molar-refractivity contribution is 0.0138. The molecule has 4 heteroatoms. The van der Waals surface area contributed by atoms with Crippen LogP contribution >= 0.6 is 0 Å². The first-order valence-corrected chi connectivity index (χ1v) is 7.04. The highest BCUT2D eigenvalue weighted by Crippen LogP contribution is 2.17. The standard InChI is InChI=1S/C14H29F2NO/c1-5-17-13(6-7-18-10-14(15)16)9-12(4)8-11(2)3/h11-14,17H,5-10H2,1-4H3. The summed E-state index contributed by atoms with van der Waals surface area (Å²) in [5, 5.41) is 3.41. The average Bonchev–Trinajstić information content (AvgIpc) is 2.22. The second kappa shape index (κ2) is 10.7. The Hall–Kier alpha value is -0.220. The predicted octanol–water partition coefficient (Wildman–Crippen LogP) is 3.71. The van der Waals surface area contributed by atoms with E-state index in [-0.39, 0.29) is 0 Å². The summed E-state index contributed by atoms with van der Waals surface area (Å²) in [7, 11) is 0. The van der Waals surface area contributed by atoms with Gasteiger partial charge < -0.3 is 10.1 Å². The van der Waals surface area contributed by atoms with E-state index in [4.69, 9.17) is 4.74 Å². The first kappa shape index (κ1) is 17.8. The molecule has 1 N–H and O–H groups in total. The molecule has 2 unspecified atom stereocenters. The van der Waals surface area contributed by atoms with Gasteiger partial charge in [-0.25, -0.2) is 8.78 Å². The van der Waals surface area contributed by atoms with Crippen molar-refractivity contribution >= 4 is 0 Å². The molecule has 0 aliphatic rings. The van der Waals surface area contributed by atoms with E-state index < -0.39 is 13.0 Å². The number of hydrogen-bond acceptors (Lipinski definition) is 2. The van der Waals surface area contributed by atoms with Crippen LogP contribution in [0.5, 0.6) is 0 Å². The molecule has 0 aromatic rings. The van der Waals surface area contributed by atoms with Gasteiger partial charge in [0.2, 0.25) is 0 Å². The zero-order chi connectivity index (χ0) is 14.0. The van der Waals surface area contributed by atoms with Crippen molar-refractivity contribution in [3.63, 3.8) is 0 Å². The van der Waals surface area contributed by atoms with Crippen molar-refractivity contribution in [1.29, 1.82) is 0 Å².